The number of aromatic nitrogens is 2. The van der Waals surface area contributed by atoms with E-state index in [1.807, 2.05) is 0 Å². The average molecular weight is 361 g/mol. The van der Waals surface area contributed by atoms with E-state index in [0.717, 1.165) is 37.0 Å². The van der Waals surface area contributed by atoms with E-state index in [0.29, 0.717) is 10.2 Å². The van der Waals surface area contributed by atoms with Crippen LogP contribution in [0.25, 0.3) is 10.2 Å². The van der Waals surface area contributed by atoms with Crippen molar-refractivity contribution in [3.8, 4) is 0 Å². The van der Waals surface area contributed by atoms with E-state index < -0.39 is 23.2 Å². The molecule has 0 saturated carbocycles. The van der Waals surface area contributed by atoms with Gasteiger partial charge in [0.15, 0.2) is 0 Å². The molecule has 2 heterocycles. The van der Waals surface area contributed by atoms with Crippen LogP contribution in [0, 0.1) is 11.6 Å². The molecule has 0 radical (unpaired) electrons. The summed E-state index contributed by atoms with van der Waals surface area (Å²) in [6.45, 7) is -0.361. The smallest absolute Gasteiger partial charge is 0.262 e. The molecule has 5 nitrogen and oxygen atoms in total. The van der Waals surface area contributed by atoms with Crippen LogP contribution in [0.15, 0.2) is 29.3 Å². The molecule has 25 heavy (non-hydrogen) atoms. The van der Waals surface area contributed by atoms with Gasteiger partial charge in [0, 0.05) is 4.88 Å². The number of para-hydroxylation sites is 1. The van der Waals surface area contributed by atoms with Gasteiger partial charge < -0.3 is 5.32 Å². The summed E-state index contributed by atoms with van der Waals surface area (Å²) in [5, 5.41) is 2.73. The van der Waals surface area contributed by atoms with E-state index in [4.69, 9.17) is 0 Å². The first kappa shape index (κ1) is 15.9. The second-order valence-corrected chi connectivity index (χ2v) is 6.94. The third-order valence-electron chi connectivity index (χ3n) is 4.23. The molecule has 2 aromatic heterocycles. The number of nitrogens with one attached hydrogen (secondary N) is 1. The zero-order valence-corrected chi connectivity index (χ0v) is 13.8. The van der Waals surface area contributed by atoms with Crippen LogP contribution in [0.1, 0.15) is 16.9 Å². The van der Waals surface area contributed by atoms with E-state index >= 15 is 0 Å². The predicted octanol–water partition coefficient (Wildman–Crippen LogP) is 2.86. The Bertz CT molecular complexity index is 1040. The molecule has 0 aliphatic heterocycles. The Kier molecular flexibility index (Phi) is 3.84. The largest absolute Gasteiger partial charge is 0.320 e. The number of hydrogen-bond donors (Lipinski definition) is 1. The third-order valence-corrected chi connectivity index (χ3v) is 5.43. The maximum absolute atomic E-state index is 13.6. The number of hydrogen-bond acceptors (Lipinski definition) is 4. The van der Waals surface area contributed by atoms with Crippen LogP contribution in [-0.4, -0.2) is 15.5 Å². The lowest BCUT2D eigenvalue weighted by atomic mass is 10.2. The Morgan fingerprint density at radius 2 is 2.04 bits per heavy atom. The Morgan fingerprint density at radius 3 is 2.80 bits per heavy atom. The van der Waals surface area contributed by atoms with Gasteiger partial charge in [-0.15, -0.1) is 11.3 Å². The zero-order chi connectivity index (χ0) is 17.6. The number of thiophene rings is 1. The van der Waals surface area contributed by atoms with Crippen molar-refractivity contribution in [1.29, 1.82) is 0 Å². The minimum atomic E-state index is -0.870. The standard InChI is InChI=1S/C17H13F2N3O2S/c18-10-4-2-5-11(19)15(10)21-13(23)7-22-8-20-16-14(17(22)24)9-3-1-6-12(9)25-16/h2,4-5,8H,1,3,6-7H2,(H,21,23). The molecule has 1 aromatic carbocycles. The van der Waals surface area contributed by atoms with E-state index in [9.17, 15) is 18.4 Å². The molecule has 1 aliphatic carbocycles. The summed E-state index contributed by atoms with van der Waals surface area (Å²) in [6.07, 6.45) is 4.10. The summed E-state index contributed by atoms with van der Waals surface area (Å²) in [7, 11) is 0. The number of nitrogens with zero attached hydrogens (tertiary/aromatic N) is 2. The Morgan fingerprint density at radius 1 is 1.28 bits per heavy atom. The summed E-state index contributed by atoms with van der Waals surface area (Å²) in [5.41, 5.74) is 0.201. The van der Waals surface area contributed by atoms with Crippen molar-refractivity contribution in [1.82, 2.24) is 9.55 Å². The molecular weight excluding hydrogens is 348 g/mol. The van der Waals surface area contributed by atoms with Crippen molar-refractivity contribution in [2.75, 3.05) is 5.32 Å². The highest BCUT2D eigenvalue weighted by Gasteiger charge is 2.22. The molecule has 0 spiro atoms. The molecule has 8 heteroatoms. The first-order valence-corrected chi connectivity index (χ1v) is 8.60. The molecule has 0 unspecified atom stereocenters. The number of carbonyl (C=O) groups is 1. The number of benzene rings is 1. The molecule has 1 aliphatic rings. The molecule has 128 valence electrons. The number of amides is 1. The molecule has 0 fully saturated rings. The van der Waals surface area contributed by atoms with Crippen LogP contribution in [0.4, 0.5) is 14.5 Å². The Labute approximate surface area is 144 Å². The van der Waals surface area contributed by atoms with Crippen molar-refractivity contribution < 1.29 is 13.6 Å². The predicted molar refractivity (Wildman–Crippen MR) is 90.9 cm³/mol. The van der Waals surface area contributed by atoms with Crippen LogP contribution in [-0.2, 0) is 24.2 Å². The molecular formula is C17H13F2N3O2S. The number of halogens is 2. The number of rotatable bonds is 3. The Hall–Kier alpha value is -2.61. The fourth-order valence-corrected chi connectivity index (χ4v) is 4.30. The van der Waals surface area contributed by atoms with Crippen molar-refractivity contribution in [2.45, 2.75) is 25.8 Å². The van der Waals surface area contributed by atoms with E-state index in [1.165, 1.54) is 33.2 Å². The van der Waals surface area contributed by atoms with Gasteiger partial charge in [0.25, 0.3) is 5.56 Å². The van der Waals surface area contributed by atoms with Crippen LogP contribution in [0.2, 0.25) is 0 Å². The minimum Gasteiger partial charge on any atom is -0.320 e. The Balaban J connectivity index is 1.64. The van der Waals surface area contributed by atoms with Crippen LogP contribution >= 0.6 is 11.3 Å². The van der Waals surface area contributed by atoms with Gasteiger partial charge in [0.05, 0.1) is 11.7 Å². The SMILES string of the molecule is O=C(Cn1cnc2sc3c(c2c1=O)CCC3)Nc1c(F)cccc1F. The fourth-order valence-electron chi connectivity index (χ4n) is 3.08. The molecule has 1 amide bonds. The van der Waals surface area contributed by atoms with Crippen molar-refractivity contribution >= 4 is 33.1 Å². The summed E-state index contributed by atoms with van der Waals surface area (Å²) in [5.74, 6) is -2.44. The van der Waals surface area contributed by atoms with Gasteiger partial charge in [-0.2, -0.15) is 0 Å². The van der Waals surface area contributed by atoms with E-state index in [-0.39, 0.29) is 12.1 Å². The summed E-state index contributed by atoms with van der Waals surface area (Å²) in [4.78, 5) is 30.9. The van der Waals surface area contributed by atoms with Crippen LogP contribution in [0.5, 0.6) is 0 Å². The zero-order valence-electron chi connectivity index (χ0n) is 13.0. The number of aryl methyl sites for hydroxylation is 2. The second kappa shape index (κ2) is 6.03. The van der Waals surface area contributed by atoms with E-state index in [2.05, 4.69) is 10.3 Å². The average Bonchev–Trinajstić information content (AvgIpc) is 3.14. The first-order valence-electron chi connectivity index (χ1n) is 7.78. The van der Waals surface area contributed by atoms with Gasteiger partial charge in [0.2, 0.25) is 5.91 Å². The summed E-state index contributed by atoms with van der Waals surface area (Å²) in [6, 6.07) is 3.31. The normalized spacial score (nSPS) is 13.2. The van der Waals surface area contributed by atoms with Gasteiger partial charge in [0.1, 0.15) is 28.7 Å². The molecule has 0 atom stereocenters. The van der Waals surface area contributed by atoms with Crippen molar-refractivity contribution in [3.05, 3.63) is 57.0 Å². The highest BCUT2D eigenvalue weighted by atomic mass is 32.1. The van der Waals surface area contributed by atoms with Gasteiger partial charge >= 0.3 is 0 Å². The minimum absolute atomic E-state index is 0.298. The molecule has 4 rings (SSSR count). The van der Waals surface area contributed by atoms with Crippen molar-refractivity contribution in [2.24, 2.45) is 0 Å². The molecule has 1 N–H and O–H groups in total. The van der Waals surface area contributed by atoms with Crippen LogP contribution in [0.3, 0.4) is 0 Å². The lowest BCUT2D eigenvalue weighted by molar-refractivity contribution is -0.116. The van der Waals surface area contributed by atoms with Gasteiger partial charge in [-0.3, -0.25) is 14.2 Å². The topological polar surface area (TPSA) is 64.0 Å². The lowest BCUT2D eigenvalue weighted by Crippen LogP contribution is -2.28. The lowest BCUT2D eigenvalue weighted by Gasteiger charge is -2.09. The summed E-state index contributed by atoms with van der Waals surface area (Å²) < 4.78 is 28.4. The maximum Gasteiger partial charge on any atom is 0.262 e. The van der Waals surface area contributed by atoms with Gasteiger partial charge in [-0.05, 0) is 37.0 Å². The second-order valence-electron chi connectivity index (χ2n) is 5.86. The third kappa shape index (κ3) is 2.72. The molecule has 3 aromatic rings. The highest BCUT2D eigenvalue weighted by Crippen LogP contribution is 2.34. The first-order chi connectivity index (χ1) is 12.0. The number of carbonyl (C=O) groups excluding carboxylic acids is 1. The van der Waals surface area contributed by atoms with E-state index in [1.54, 1.807) is 0 Å². The number of fused-ring (bicyclic) bond motifs is 3. The quantitative estimate of drug-likeness (QED) is 0.780. The fraction of sp³-hybridized carbons (Fsp3) is 0.235. The highest BCUT2D eigenvalue weighted by molar-refractivity contribution is 7.18. The van der Waals surface area contributed by atoms with Gasteiger partial charge in [-0.1, -0.05) is 6.07 Å². The van der Waals surface area contributed by atoms with Crippen molar-refractivity contribution in [3.63, 3.8) is 0 Å². The maximum atomic E-state index is 13.6. The number of anilines is 1. The van der Waals surface area contributed by atoms with Crippen LogP contribution < -0.4 is 10.9 Å². The monoisotopic (exact) mass is 361 g/mol. The summed E-state index contributed by atoms with van der Waals surface area (Å²) >= 11 is 1.51. The molecule has 0 saturated heterocycles. The molecule has 0 bridgehead atoms. The van der Waals surface area contributed by atoms with Gasteiger partial charge in [-0.25, -0.2) is 13.8 Å².